The van der Waals surface area contributed by atoms with Crippen molar-refractivity contribution in [2.45, 2.75) is 38.1 Å². The van der Waals surface area contributed by atoms with E-state index in [0.29, 0.717) is 28.1 Å². The lowest BCUT2D eigenvalue weighted by Crippen LogP contribution is -2.28. The van der Waals surface area contributed by atoms with Gasteiger partial charge in [-0.2, -0.15) is 0 Å². The summed E-state index contributed by atoms with van der Waals surface area (Å²) >= 11 is 0. The summed E-state index contributed by atoms with van der Waals surface area (Å²) in [5, 5.41) is 12.6. The first-order valence-electron chi connectivity index (χ1n) is 9.77. The summed E-state index contributed by atoms with van der Waals surface area (Å²) in [6, 6.07) is 8.75. The van der Waals surface area contributed by atoms with Gasteiger partial charge in [-0.3, -0.25) is 9.59 Å². The Labute approximate surface area is 163 Å². The molecule has 0 unspecified atom stereocenters. The van der Waals surface area contributed by atoms with E-state index in [1.165, 1.54) is 6.42 Å². The minimum absolute atomic E-state index is 0.0601. The number of aliphatic hydroxyl groups is 1. The van der Waals surface area contributed by atoms with Crippen LogP contribution < -0.4 is 15.8 Å². The van der Waals surface area contributed by atoms with Crippen molar-refractivity contribution in [1.82, 2.24) is 0 Å². The van der Waals surface area contributed by atoms with E-state index in [0.717, 1.165) is 25.7 Å². The molecule has 6 heteroatoms. The van der Waals surface area contributed by atoms with Crippen LogP contribution in [0.4, 0.5) is 11.4 Å². The predicted molar refractivity (Wildman–Crippen MR) is 107 cm³/mol. The predicted octanol–water partition coefficient (Wildman–Crippen LogP) is 3.16. The second-order valence-corrected chi connectivity index (χ2v) is 7.34. The first kappa shape index (κ1) is 18.5. The van der Waals surface area contributed by atoms with Gasteiger partial charge in [0.05, 0.1) is 29.1 Å². The molecule has 0 radical (unpaired) electrons. The van der Waals surface area contributed by atoms with Crippen molar-refractivity contribution in [2.75, 3.05) is 24.3 Å². The summed E-state index contributed by atoms with van der Waals surface area (Å²) in [5.41, 5.74) is 8.24. The molecule has 0 saturated heterocycles. The molecule has 4 rings (SSSR count). The number of rotatable bonds is 5. The molecule has 1 saturated carbocycles. The number of nitrogens with two attached hydrogens (primary N) is 1. The van der Waals surface area contributed by atoms with E-state index in [4.69, 9.17) is 15.6 Å². The highest BCUT2D eigenvalue weighted by molar-refractivity contribution is 6.32. The van der Waals surface area contributed by atoms with Gasteiger partial charge in [0, 0.05) is 23.2 Å². The highest BCUT2D eigenvalue weighted by atomic mass is 16.5. The smallest absolute Gasteiger partial charge is 0.196 e. The van der Waals surface area contributed by atoms with Gasteiger partial charge >= 0.3 is 0 Å². The molecule has 0 aliphatic heterocycles. The number of fused-ring (bicyclic) bond motifs is 2. The number of anilines is 2. The second-order valence-electron chi connectivity index (χ2n) is 7.34. The average Bonchev–Trinajstić information content (AvgIpc) is 2.72. The molecule has 146 valence electrons. The number of hydrogen-bond acceptors (Lipinski definition) is 6. The topological polar surface area (TPSA) is 102 Å². The van der Waals surface area contributed by atoms with Crippen molar-refractivity contribution in [2.24, 2.45) is 0 Å². The molecule has 0 spiro atoms. The Morgan fingerprint density at radius 2 is 1.68 bits per heavy atom. The maximum Gasteiger partial charge on any atom is 0.196 e. The summed E-state index contributed by atoms with van der Waals surface area (Å²) in [4.78, 5) is 26.4. The van der Waals surface area contributed by atoms with E-state index < -0.39 is 0 Å². The normalized spacial score (nSPS) is 16.5. The summed E-state index contributed by atoms with van der Waals surface area (Å²) in [5.74, 6) is -0.167. The molecule has 6 nitrogen and oxygen atoms in total. The number of ether oxygens (including phenoxy) is 1. The summed E-state index contributed by atoms with van der Waals surface area (Å²) in [7, 11) is 0. The van der Waals surface area contributed by atoms with E-state index in [9.17, 15) is 9.59 Å². The zero-order chi connectivity index (χ0) is 19.7. The van der Waals surface area contributed by atoms with Gasteiger partial charge in [0.1, 0.15) is 12.4 Å². The van der Waals surface area contributed by atoms with Gasteiger partial charge in [-0.05, 0) is 12.8 Å². The lowest BCUT2D eigenvalue weighted by atomic mass is 9.81. The van der Waals surface area contributed by atoms with Crippen LogP contribution in [0.25, 0.3) is 0 Å². The molecule has 0 heterocycles. The Morgan fingerprint density at radius 1 is 1.04 bits per heavy atom. The second kappa shape index (κ2) is 7.64. The molecule has 2 aromatic rings. The Kier molecular flexibility index (Phi) is 5.05. The van der Waals surface area contributed by atoms with Crippen LogP contribution in [-0.4, -0.2) is 35.9 Å². The van der Waals surface area contributed by atoms with Gasteiger partial charge in [-0.1, -0.05) is 43.5 Å². The van der Waals surface area contributed by atoms with Crippen LogP contribution in [-0.2, 0) is 0 Å². The van der Waals surface area contributed by atoms with Crippen molar-refractivity contribution in [3.63, 3.8) is 0 Å². The number of benzene rings is 2. The van der Waals surface area contributed by atoms with Crippen LogP contribution in [0.1, 0.15) is 63.9 Å². The van der Waals surface area contributed by atoms with Gasteiger partial charge in [0.2, 0.25) is 0 Å². The summed E-state index contributed by atoms with van der Waals surface area (Å²) in [6.07, 6.45) is 5.53. The first-order valence-corrected chi connectivity index (χ1v) is 9.77. The van der Waals surface area contributed by atoms with Crippen molar-refractivity contribution >= 4 is 22.9 Å². The van der Waals surface area contributed by atoms with E-state index in [1.54, 1.807) is 30.3 Å². The molecule has 0 bridgehead atoms. The Balaban J connectivity index is 1.85. The first-order chi connectivity index (χ1) is 13.6. The summed E-state index contributed by atoms with van der Waals surface area (Å²) in [6.45, 7) is -0.109. The number of nitrogen functional groups attached to an aromatic ring is 1. The maximum atomic E-state index is 13.3. The number of ketones is 2. The third-order valence-corrected chi connectivity index (χ3v) is 5.51. The van der Waals surface area contributed by atoms with Gasteiger partial charge in [-0.25, -0.2) is 0 Å². The largest absolute Gasteiger partial charge is 0.489 e. The van der Waals surface area contributed by atoms with Gasteiger partial charge in [0.25, 0.3) is 0 Å². The standard InChI is InChI=1S/C22H24N2O4/c23-20-17(28-11-10-25)12-16(24-13-6-2-1-3-7-13)18-19(20)22(27)15-9-5-4-8-14(15)21(18)26/h4-5,8-9,12-13,24-25H,1-3,6-7,10-11,23H2. The zero-order valence-corrected chi connectivity index (χ0v) is 15.7. The van der Waals surface area contributed by atoms with E-state index >= 15 is 0 Å². The van der Waals surface area contributed by atoms with Gasteiger partial charge in [0.15, 0.2) is 11.6 Å². The minimum Gasteiger partial charge on any atom is -0.489 e. The number of hydrogen-bond donors (Lipinski definition) is 3. The van der Waals surface area contributed by atoms with Crippen molar-refractivity contribution in [3.05, 3.63) is 52.6 Å². The zero-order valence-electron chi connectivity index (χ0n) is 15.7. The molecule has 2 aliphatic rings. The fourth-order valence-corrected chi connectivity index (χ4v) is 4.15. The van der Waals surface area contributed by atoms with E-state index in [-0.39, 0.29) is 42.1 Å². The molecule has 4 N–H and O–H groups in total. The van der Waals surface area contributed by atoms with E-state index in [2.05, 4.69) is 5.32 Å². The molecule has 0 amide bonds. The maximum absolute atomic E-state index is 13.3. The van der Waals surface area contributed by atoms with Crippen LogP contribution >= 0.6 is 0 Å². The molecule has 0 atom stereocenters. The fourth-order valence-electron chi connectivity index (χ4n) is 4.15. The number of nitrogens with one attached hydrogen (secondary N) is 1. The average molecular weight is 380 g/mol. The quantitative estimate of drug-likeness (QED) is 0.588. The fraction of sp³-hybridized carbons (Fsp3) is 0.364. The molecule has 28 heavy (non-hydrogen) atoms. The monoisotopic (exact) mass is 380 g/mol. The number of carbonyl (C=O) groups excluding carboxylic acids is 2. The molecule has 1 fully saturated rings. The van der Waals surface area contributed by atoms with Crippen molar-refractivity contribution in [1.29, 1.82) is 0 Å². The van der Waals surface area contributed by atoms with E-state index in [1.807, 2.05) is 0 Å². The molecular formula is C22H24N2O4. The lowest BCUT2D eigenvalue weighted by Gasteiger charge is -2.28. The Morgan fingerprint density at radius 3 is 2.32 bits per heavy atom. The van der Waals surface area contributed by atoms with Crippen molar-refractivity contribution in [3.8, 4) is 5.75 Å². The third kappa shape index (κ3) is 3.14. The minimum atomic E-state index is -0.274. The highest BCUT2D eigenvalue weighted by Crippen LogP contribution is 2.41. The SMILES string of the molecule is Nc1c(OCCO)cc(NC2CCCCC2)c2c1C(=O)c1ccccc1C2=O. The van der Waals surface area contributed by atoms with Crippen LogP contribution in [0.3, 0.4) is 0 Å². The van der Waals surface area contributed by atoms with Crippen molar-refractivity contribution < 1.29 is 19.4 Å². The third-order valence-electron chi connectivity index (χ3n) is 5.51. The highest BCUT2D eigenvalue weighted by Gasteiger charge is 2.35. The van der Waals surface area contributed by atoms with Crippen LogP contribution in [0.2, 0.25) is 0 Å². The molecular weight excluding hydrogens is 356 g/mol. The Bertz CT molecular complexity index is 932. The molecule has 2 aliphatic carbocycles. The number of aliphatic hydroxyl groups excluding tert-OH is 1. The van der Waals surface area contributed by atoms with Gasteiger partial charge in [-0.15, -0.1) is 0 Å². The lowest BCUT2D eigenvalue weighted by molar-refractivity contribution is 0.0980. The van der Waals surface area contributed by atoms with Gasteiger partial charge < -0.3 is 20.9 Å². The summed E-state index contributed by atoms with van der Waals surface area (Å²) < 4.78 is 5.57. The molecule has 2 aromatic carbocycles. The number of carbonyl (C=O) groups is 2. The Hall–Kier alpha value is -2.86. The van der Waals surface area contributed by atoms with Crippen LogP contribution in [0.15, 0.2) is 30.3 Å². The molecule has 0 aromatic heterocycles. The van der Waals surface area contributed by atoms with Crippen LogP contribution in [0.5, 0.6) is 5.75 Å². The van der Waals surface area contributed by atoms with Crippen LogP contribution in [0, 0.1) is 0 Å².